The van der Waals surface area contributed by atoms with E-state index in [1.165, 1.54) is 0 Å². The number of ether oxygens (including phenoxy) is 2. The number of fused-ring (bicyclic) bond motifs is 1. The molecule has 0 radical (unpaired) electrons. The molecule has 3 nitrogen and oxygen atoms in total. The minimum atomic E-state index is 0.481. The molecule has 0 saturated heterocycles. The van der Waals surface area contributed by atoms with Gasteiger partial charge in [-0.15, -0.1) is 0 Å². The minimum absolute atomic E-state index is 0.481. The van der Waals surface area contributed by atoms with Gasteiger partial charge < -0.3 is 14.5 Å². The highest BCUT2D eigenvalue weighted by Crippen LogP contribution is 2.37. The fourth-order valence-electron chi connectivity index (χ4n) is 3.92. The number of hydrogen-bond donors (Lipinski definition) is 1. The Morgan fingerprint density at radius 3 is 1.91 bits per heavy atom. The van der Waals surface area contributed by atoms with Crippen molar-refractivity contribution in [2.75, 3.05) is 0 Å². The summed E-state index contributed by atoms with van der Waals surface area (Å²) in [5, 5.41) is 1.72. The largest absolute Gasteiger partial charge is 0.488 e. The van der Waals surface area contributed by atoms with Crippen LogP contribution in [0.5, 0.6) is 11.5 Å². The van der Waals surface area contributed by atoms with Gasteiger partial charge in [0.15, 0.2) is 0 Å². The zero-order chi connectivity index (χ0) is 22.5. The quantitative estimate of drug-likeness (QED) is 0.263. The van der Waals surface area contributed by atoms with Crippen LogP contribution >= 0.6 is 11.6 Å². The summed E-state index contributed by atoms with van der Waals surface area (Å²) < 4.78 is 12.5. The molecule has 5 aromatic rings. The molecule has 4 aromatic carbocycles. The molecule has 33 heavy (non-hydrogen) atoms. The number of H-pyrrole nitrogens is 1. The Hall–Kier alpha value is -3.69. The second-order valence-electron chi connectivity index (χ2n) is 7.99. The highest BCUT2D eigenvalue weighted by Gasteiger charge is 2.15. The molecule has 164 valence electrons. The first kappa shape index (κ1) is 21.2. The maximum atomic E-state index is 6.42. The predicted molar refractivity (Wildman–Crippen MR) is 134 cm³/mol. The normalized spacial score (nSPS) is 10.9. The Morgan fingerprint density at radius 1 is 0.636 bits per heavy atom. The van der Waals surface area contributed by atoms with Crippen molar-refractivity contribution in [1.29, 1.82) is 0 Å². The summed E-state index contributed by atoms with van der Waals surface area (Å²) in [7, 11) is 0. The van der Waals surface area contributed by atoms with Crippen molar-refractivity contribution in [1.82, 2.24) is 4.98 Å². The van der Waals surface area contributed by atoms with E-state index in [1.807, 2.05) is 60.8 Å². The molecule has 1 N–H and O–H groups in total. The van der Waals surface area contributed by atoms with Crippen LogP contribution in [-0.2, 0) is 19.6 Å². The van der Waals surface area contributed by atoms with Gasteiger partial charge in [-0.1, -0.05) is 90.5 Å². The molecular formula is C29H24ClNO2. The van der Waals surface area contributed by atoms with E-state index < -0.39 is 0 Å². The molecule has 0 saturated carbocycles. The van der Waals surface area contributed by atoms with Crippen LogP contribution in [0.25, 0.3) is 10.9 Å². The van der Waals surface area contributed by atoms with E-state index in [1.54, 1.807) is 0 Å². The molecule has 0 aliphatic carbocycles. The van der Waals surface area contributed by atoms with Gasteiger partial charge in [-0.25, -0.2) is 0 Å². The highest BCUT2D eigenvalue weighted by molar-refractivity contribution is 6.31. The molecule has 0 atom stereocenters. The lowest BCUT2D eigenvalue weighted by Gasteiger charge is -2.13. The van der Waals surface area contributed by atoms with Crippen LogP contribution in [0.1, 0.15) is 22.3 Å². The number of aromatic amines is 1. The third-order valence-corrected chi connectivity index (χ3v) is 5.96. The number of nitrogens with one attached hydrogen (secondary N) is 1. The molecule has 0 amide bonds. The topological polar surface area (TPSA) is 34.2 Å². The molecule has 1 heterocycles. The zero-order valence-electron chi connectivity index (χ0n) is 18.1. The zero-order valence-corrected chi connectivity index (χ0v) is 18.9. The number of aromatic nitrogens is 1. The summed E-state index contributed by atoms with van der Waals surface area (Å²) in [4.78, 5) is 3.37. The van der Waals surface area contributed by atoms with Crippen LogP contribution in [0, 0.1) is 0 Å². The van der Waals surface area contributed by atoms with E-state index in [-0.39, 0.29) is 0 Å². The van der Waals surface area contributed by atoms with Gasteiger partial charge in [0, 0.05) is 11.2 Å². The van der Waals surface area contributed by atoms with Crippen LogP contribution in [0.15, 0.2) is 103 Å². The Bertz CT molecular complexity index is 1350. The van der Waals surface area contributed by atoms with Gasteiger partial charge in [0.05, 0.1) is 10.9 Å². The number of benzene rings is 4. The summed E-state index contributed by atoms with van der Waals surface area (Å²) in [6, 6.07) is 32.5. The summed E-state index contributed by atoms with van der Waals surface area (Å²) in [6.07, 6.45) is 2.62. The predicted octanol–water partition coefficient (Wildman–Crippen LogP) is 7.57. The molecule has 0 aliphatic heterocycles. The maximum Gasteiger partial charge on any atom is 0.148 e. The van der Waals surface area contributed by atoms with E-state index in [4.69, 9.17) is 21.1 Å². The second kappa shape index (κ2) is 9.85. The Morgan fingerprint density at radius 2 is 1.24 bits per heavy atom. The van der Waals surface area contributed by atoms with Crippen molar-refractivity contribution in [2.45, 2.75) is 19.6 Å². The number of halogens is 1. The lowest BCUT2D eigenvalue weighted by Crippen LogP contribution is -1.99. The standard InChI is InChI=1S/C29H24ClNO2/c30-25-14-8-7-13-24(25)15-23-16-26-29(27(17-23)32-19-21-9-3-1-4-10-21)28(18-31-26)33-20-22-11-5-2-6-12-22/h1-14,16-18,31H,15,19-20H2. The highest BCUT2D eigenvalue weighted by atomic mass is 35.5. The summed E-state index contributed by atoms with van der Waals surface area (Å²) in [5.41, 5.74) is 5.42. The third kappa shape index (κ3) is 5.05. The smallest absolute Gasteiger partial charge is 0.148 e. The average molecular weight is 454 g/mol. The lowest BCUT2D eigenvalue weighted by atomic mass is 10.0. The lowest BCUT2D eigenvalue weighted by molar-refractivity contribution is 0.298. The van der Waals surface area contributed by atoms with Crippen molar-refractivity contribution < 1.29 is 9.47 Å². The van der Waals surface area contributed by atoms with E-state index in [0.717, 1.165) is 56.1 Å². The average Bonchev–Trinajstić information content (AvgIpc) is 3.27. The van der Waals surface area contributed by atoms with Gasteiger partial charge in [-0.3, -0.25) is 0 Å². The fourth-order valence-corrected chi connectivity index (χ4v) is 4.12. The molecule has 0 bridgehead atoms. The number of hydrogen-bond acceptors (Lipinski definition) is 2. The molecule has 0 aliphatic rings. The minimum Gasteiger partial charge on any atom is -0.488 e. The van der Waals surface area contributed by atoms with Gasteiger partial charge in [0.25, 0.3) is 0 Å². The first-order valence-electron chi connectivity index (χ1n) is 11.0. The monoisotopic (exact) mass is 453 g/mol. The van der Waals surface area contributed by atoms with Crippen LogP contribution in [0.3, 0.4) is 0 Å². The molecule has 4 heteroatoms. The van der Waals surface area contributed by atoms with E-state index >= 15 is 0 Å². The first-order valence-corrected chi connectivity index (χ1v) is 11.3. The van der Waals surface area contributed by atoms with E-state index in [2.05, 4.69) is 47.4 Å². The van der Waals surface area contributed by atoms with Gasteiger partial charge in [0.2, 0.25) is 0 Å². The van der Waals surface area contributed by atoms with Crippen molar-refractivity contribution in [3.63, 3.8) is 0 Å². The van der Waals surface area contributed by atoms with E-state index in [0.29, 0.717) is 13.2 Å². The number of rotatable bonds is 8. The van der Waals surface area contributed by atoms with E-state index in [9.17, 15) is 0 Å². The molecule has 0 unspecified atom stereocenters. The van der Waals surface area contributed by atoms with Gasteiger partial charge in [0.1, 0.15) is 24.7 Å². The van der Waals surface area contributed by atoms with Crippen molar-refractivity contribution in [3.8, 4) is 11.5 Å². The summed E-state index contributed by atoms with van der Waals surface area (Å²) >= 11 is 6.42. The molecular weight excluding hydrogens is 430 g/mol. The van der Waals surface area contributed by atoms with Gasteiger partial charge in [-0.05, 0) is 46.9 Å². The Labute approximate surface area is 198 Å². The molecule has 0 spiro atoms. The van der Waals surface area contributed by atoms with Crippen LogP contribution < -0.4 is 9.47 Å². The fraction of sp³-hybridized carbons (Fsp3) is 0.103. The SMILES string of the molecule is Clc1ccccc1Cc1cc(OCc2ccccc2)c2c(OCc3ccccc3)c[nH]c2c1. The first-order chi connectivity index (χ1) is 16.3. The van der Waals surface area contributed by atoms with Gasteiger partial charge >= 0.3 is 0 Å². The van der Waals surface area contributed by atoms with Gasteiger partial charge in [-0.2, -0.15) is 0 Å². The molecule has 1 aromatic heterocycles. The molecule has 0 fully saturated rings. The maximum absolute atomic E-state index is 6.42. The molecule has 5 rings (SSSR count). The van der Waals surface area contributed by atoms with Crippen molar-refractivity contribution >= 4 is 22.5 Å². The Kier molecular flexibility index (Phi) is 6.32. The third-order valence-electron chi connectivity index (χ3n) is 5.59. The summed E-state index contributed by atoms with van der Waals surface area (Å²) in [5.74, 6) is 1.57. The second-order valence-corrected chi connectivity index (χ2v) is 8.39. The van der Waals surface area contributed by atoms with Crippen molar-refractivity contribution in [3.05, 3.63) is 131 Å². The van der Waals surface area contributed by atoms with Crippen LogP contribution in [0.4, 0.5) is 0 Å². The Balaban J connectivity index is 1.48. The van der Waals surface area contributed by atoms with Crippen LogP contribution in [-0.4, -0.2) is 4.98 Å². The van der Waals surface area contributed by atoms with Crippen molar-refractivity contribution in [2.24, 2.45) is 0 Å². The summed E-state index contributed by atoms with van der Waals surface area (Å²) in [6.45, 7) is 0.974. The van der Waals surface area contributed by atoms with Crippen LogP contribution in [0.2, 0.25) is 5.02 Å².